The molecule has 1 aromatic rings. The molecular weight excluding hydrogens is 216 g/mol. The molecule has 0 aliphatic heterocycles. The molecule has 0 spiro atoms. The van der Waals surface area contributed by atoms with Crippen molar-refractivity contribution in [3.8, 4) is 0 Å². The number of aryl methyl sites for hydroxylation is 1. The fraction of sp³-hybridized carbons (Fsp3) is 0.333. The van der Waals surface area contributed by atoms with Crippen LogP contribution < -0.4 is 0 Å². The largest absolute Gasteiger partial charge is 0.0808 e. The summed E-state index contributed by atoms with van der Waals surface area (Å²) in [4.78, 5) is 0. The van der Waals surface area contributed by atoms with Crippen molar-refractivity contribution < 1.29 is 0 Å². The van der Waals surface area contributed by atoms with Gasteiger partial charge in [0.15, 0.2) is 0 Å². The fourth-order valence-electron chi connectivity index (χ4n) is 3.55. The Bertz CT molecular complexity index is 596. The highest BCUT2D eigenvalue weighted by Gasteiger charge is 2.31. The Morgan fingerprint density at radius 1 is 1.06 bits per heavy atom. The minimum atomic E-state index is 0.573. The van der Waals surface area contributed by atoms with E-state index in [0.717, 1.165) is 0 Å². The zero-order valence-corrected chi connectivity index (χ0v) is 11.6. The standard InChI is InChI=1S/C18H20/c1-11-7-5-9-15-16-10-6-8-12(2)18(16)14(4)13(3)17(11)15/h5-11,17H,1-4H3. The second kappa shape index (κ2) is 3.98. The maximum absolute atomic E-state index is 2.33. The number of allylic oxidation sites excluding steroid dienone is 6. The minimum absolute atomic E-state index is 0.573. The topological polar surface area (TPSA) is 0 Å². The summed E-state index contributed by atoms with van der Waals surface area (Å²) in [7, 11) is 0. The summed E-state index contributed by atoms with van der Waals surface area (Å²) in [6.07, 6.45) is 6.85. The van der Waals surface area contributed by atoms with Crippen LogP contribution in [0, 0.1) is 18.8 Å². The zero-order chi connectivity index (χ0) is 12.9. The third-order valence-corrected chi connectivity index (χ3v) is 4.57. The summed E-state index contributed by atoms with van der Waals surface area (Å²) < 4.78 is 0. The molecule has 0 aromatic heterocycles. The Kier molecular flexibility index (Phi) is 2.55. The highest BCUT2D eigenvalue weighted by Crippen LogP contribution is 2.47. The third-order valence-electron chi connectivity index (χ3n) is 4.57. The predicted octanol–water partition coefficient (Wildman–Crippen LogP) is 5.01. The van der Waals surface area contributed by atoms with Crippen LogP contribution in [-0.2, 0) is 0 Å². The first-order valence-corrected chi connectivity index (χ1v) is 6.77. The van der Waals surface area contributed by atoms with Gasteiger partial charge in [-0.05, 0) is 54.5 Å². The van der Waals surface area contributed by atoms with Gasteiger partial charge in [0.25, 0.3) is 0 Å². The lowest BCUT2D eigenvalue weighted by atomic mass is 9.68. The van der Waals surface area contributed by atoms with Gasteiger partial charge < -0.3 is 0 Å². The van der Waals surface area contributed by atoms with E-state index in [0.29, 0.717) is 11.8 Å². The Hall–Kier alpha value is -1.56. The van der Waals surface area contributed by atoms with Gasteiger partial charge in [-0.1, -0.05) is 48.9 Å². The van der Waals surface area contributed by atoms with Gasteiger partial charge in [-0.25, -0.2) is 0 Å². The summed E-state index contributed by atoms with van der Waals surface area (Å²) in [5.41, 5.74) is 8.82. The number of fused-ring (bicyclic) bond motifs is 3. The molecule has 0 saturated heterocycles. The second-order valence-electron chi connectivity index (χ2n) is 5.65. The quantitative estimate of drug-likeness (QED) is 0.594. The molecule has 92 valence electrons. The molecule has 3 rings (SSSR count). The van der Waals surface area contributed by atoms with Gasteiger partial charge >= 0.3 is 0 Å². The van der Waals surface area contributed by atoms with Gasteiger partial charge in [-0.2, -0.15) is 0 Å². The first kappa shape index (κ1) is 11.5. The average molecular weight is 236 g/mol. The summed E-state index contributed by atoms with van der Waals surface area (Å²) in [5.74, 6) is 1.18. The molecule has 0 N–H and O–H groups in total. The maximum Gasteiger partial charge on any atom is 0.0118 e. The van der Waals surface area contributed by atoms with Crippen LogP contribution >= 0.6 is 0 Å². The number of hydrogen-bond acceptors (Lipinski definition) is 0. The van der Waals surface area contributed by atoms with E-state index in [2.05, 4.69) is 64.1 Å². The monoisotopic (exact) mass is 236 g/mol. The highest BCUT2D eigenvalue weighted by atomic mass is 14.3. The average Bonchev–Trinajstić information content (AvgIpc) is 2.35. The lowest BCUT2D eigenvalue weighted by Gasteiger charge is -2.35. The zero-order valence-electron chi connectivity index (χ0n) is 11.6. The van der Waals surface area contributed by atoms with E-state index in [-0.39, 0.29) is 0 Å². The van der Waals surface area contributed by atoms with E-state index in [4.69, 9.17) is 0 Å². The van der Waals surface area contributed by atoms with Crippen LogP contribution in [0.4, 0.5) is 0 Å². The van der Waals surface area contributed by atoms with Crippen LogP contribution in [0.3, 0.4) is 0 Å². The van der Waals surface area contributed by atoms with E-state index < -0.39 is 0 Å². The summed E-state index contributed by atoms with van der Waals surface area (Å²) in [5, 5.41) is 0. The number of hydrogen-bond donors (Lipinski definition) is 0. The smallest absolute Gasteiger partial charge is 0.0118 e. The van der Waals surface area contributed by atoms with Crippen molar-refractivity contribution in [3.05, 3.63) is 58.7 Å². The normalized spacial score (nSPS) is 25.7. The Morgan fingerprint density at radius 2 is 1.83 bits per heavy atom. The summed E-state index contributed by atoms with van der Waals surface area (Å²) in [6, 6.07) is 6.69. The van der Waals surface area contributed by atoms with Crippen molar-refractivity contribution in [1.29, 1.82) is 0 Å². The maximum atomic E-state index is 2.33. The van der Waals surface area contributed by atoms with Crippen LogP contribution in [0.1, 0.15) is 37.5 Å². The Balaban J connectivity index is 2.34. The molecule has 0 bridgehead atoms. The molecule has 18 heavy (non-hydrogen) atoms. The molecule has 0 nitrogen and oxygen atoms in total. The first-order chi connectivity index (χ1) is 8.61. The summed E-state index contributed by atoms with van der Waals surface area (Å²) in [6.45, 7) is 9.13. The molecule has 0 radical (unpaired) electrons. The molecule has 1 aromatic carbocycles. The molecule has 2 aliphatic carbocycles. The van der Waals surface area contributed by atoms with Gasteiger partial charge in [0.1, 0.15) is 0 Å². The predicted molar refractivity (Wildman–Crippen MR) is 79.2 cm³/mol. The van der Waals surface area contributed by atoms with Crippen molar-refractivity contribution in [2.45, 2.75) is 27.7 Å². The minimum Gasteiger partial charge on any atom is -0.0808 e. The Morgan fingerprint density at radius 3 is 2.61 bits per heavy atom. The van der Waals surface area contributed by atoms with E-state index in [1.54, 1.807) is 5.57 Å². The van der Waals surface area contributed by atoms with Gasteiger partial charge in [0.05, 0.1) is 0 Å². The van der Waals surface area contributed by atoms with Crippen LogP contribution in [0.25, 0.3) is 11.1 Å². The SMILES string of the molecule is CC1=C(C)C2C(=CC=CC2C)c2cccc(C)c21. The number of rotatable bonds is 0. The van der Waals surface area contributed by atoms with Crippen molar-refractivity contribution in [2.75, 3.05) is 0 Å². The van der Waals surface area contributed by atoms with Gasteiger partial charge in [-0.3, -0.25) is 0 Å². The lowest BCUT2D eigenvalue weighted by Crippen LogP contribution is -2.21. The Labute approximate surface area is 110 Å². The first-order valence-electron chi connectivity index (χ1n) is 6.77. The van der Waals surface area contributed by atoms with Crippen LogP contribution in [0.2, 0.25) is 0 Å². The molecular formula is C18H20. The van der Waals surface area contributed by atoms with Crippen molar-refractivity contribution in [3.63, 3.8) is 0 Å². The molecule has 2 unspecified atom stereocenters. The van der Waals surface area contributed by atoms with Gasteiger partial charge in [-0.15, -0.1) is 0 Å². The number of benzene rings is 1. The van der Waals surface area contributed by atoms with Crippen LogP contribution in [0.15, 0.2) is 42.0 Å². The molecule has 0 heteroatoms. The highest BCUT2D eigenvalue weighted by molar-refractivity contribution is 5.90. The van der Waals surface area contributed by atoms with Gasteiger partial charge in [0.2, 0.25) is 0 Å². The van der Waals surface area contributed by atoms with Crippen molar-refractivity contribution in [2.24, 2.45) is 11.8 Å². The third kappa shape index (κ3) is 1.45. The van der Waals surface area contributed by atoms with E-state index in [1.165, 1.54) is 27.8 Å². The molecule has 0 amide bonds. The fourth-order valence-corrected chi connectivity index (χ4v) is 3.55. The molecule has 2 atom stereocenters. The van der Waals surface area contributed by atoms with E-state index >= 15 is 0 Å². The summed E-state index contributed by atoms with van der Waals surface area (Å²) >= 11 is 0. The molecule has 2 aliphatic rings. The van der Waals surface area contributed by atoms with Crippen LogP contribution in [-0.4, -0.2) is 0 Å². The van der Waals surface area contributed by atoms with E-state index in [1.807, 2.05) is 0 Å². The second-order valence-corrected chi connectivity index (χ2v) is 5.65. The molecule has 0 fully saturated rings. The lowest BCUT2D eigenvalue weighted by molar-refractivity contribution is 0.589. The van der Waals surface area contributed by atoms with E-state index in [9.17, 15) is 0 Å². The van der Waals surface area contributed by atoms with Crippen molar-refractivity contribution >= 4 is 11.1 Å². The molecule has 0 heterocycles. The molecule has 0 saturated carbocycles. The van der Waals surface area contributed by atoms with Gasteiger partial charge in [0, 0.05) is 5.92 Å². The van der Waals surface area contributed by atoms with Crippen molar-refractivity contribution in [1.82, 2.24) is 0 Å². The van der Waals surface area contributed by atoms with Crippen LogP contribution in [0.5, 0.6) is 0 Å².